The van der Waals surface area contributed by atoms with Crippen LogP contribution in [0.1, 0.15) is 36.6 Å². The molecule has 0 bridgehead atoms. The van der Waals surface area contributed by atoms with E-state index in [2.05, 4.69) is 25.3 Å². The molecule has 6 nitrogen and oxygen atoms in total. The van der Waals surface area contributed by atoms with Gasteiger partial charge >= 0.3 is 0 Å². The molecule has 0 radical (unpaired) electrons. The predicted molar refractivity (Wildman–Crippen MR) is 130 cm³/mol. The number of aliphatic hydroxyl groups is 1. The van der Waals surface area contributed by atoms with Gasteiger partial charge in [0.2, 0.25) is 0 Å². The summed E-state index contributed by atoms with van der Waals surface area (Å²) in [5.74, 6) is -0.800. The van der Waals surface area contributed by atoms with Crippen LogP contribution in [0.15, 0.2) is 66.8 Å². The van der Waals surface area contributed by atoms with E-state index in [0.717, 1.165) is 24.2 Å². The van der Waals surface area contributed by atoms with Gasteiger partial charge in [-0.15, -0.1) is 0 Å². The number of nitrogens with zero attached hydrogens (tertiary/aromatic N) is 2. The van der Waals surface area contributed by atoms with Crippen LogP contribution >= 0.6 is 0 Å². The molecule has 33 heavy (non-hydrogen) atoms. The Hall–Kier alpha value is -3.38. The number of likely N-dealkylation sites (tertiary alicyclic amines) is 1. The lowest BCUT2D eigenvalue weighted by Gasteiger charge is -2.28. The molecular formula is C27H32N2O4. The predicted octanol–water partition coefficient (Wildman–Crippen LogP) is 4.32. The highest BCUT2D eigenvalue weighted by Crippen LogP contribution is 2.39. The molecule has 1 aliphatic rings. The molecule has 0 spiro atoms. The minimum Gasteiger partial charge on any atom is -0.507 e. The maximum atomic E-state index is 13.1. The Morgan fingerprint density at radius 2 is 1.73 bits per heavy atom. The van der Waals surface area contributed by atoms with Crippen molar-refractivity contribution in [1.82, 2.24) is 9.80 Å². The number of carbonyl (C=O) groups excluding carboxylic acids is 2. The van der Waals surface area contributed by atoms with Crippen molar-refractivity contribution < 1.29 is 19.4 Å². The van der Waals surface area contributed by atoms with Gasteiger partial charge in [0.15, 0.2) is 0 Å². The van der Waals surface area contributed by atoms with Crippen molar-refractivity contribution in [2.24, 2.45) is 0 Å². The molecule has 1 amide bonds. The number of aliphatic hydroxyl groups excluding tert-OH is 1. The summed E-state index contributed by atoms with van der Waals surface area (Å²) in [7, 11) is 0. The quantitative estimate of drug-likeness (QED) is 0.254. The van der Waals surface area contributed by atoms with Crippen LogP contribution in [0.25, 0.3) is 5.76 Å². The molecule has 1 N–H and O–H groups in total. The van der Waals surface area contributed by atoms with Crippen LogP contribution in [0.5, 0.6) is 5.75 Å². The summed E-state index contributed by atoms with van der Waals surface area (Å²) in [5.41, 5.74) is 2.45. The van der Waals surface area contributed by atoms with E-state index < -0.39 is 17.7 Å². The SMILES string of the molecule is C=CCOc1ccc(C(O)=C2C(=O)C(=O)N(CCN(CC)CC)[C@H]2c2ccc(C)cc2)cc1. The summed E-state index contributed by atoms with van der Waals surface area (Å²) in [6.07, 6.45) is 1.65. The lowest BCUT2D eigenvalue weighted by molar-refractivity contribution is -0.140. The molecule has 1 heterocycles. The van der Waals surface area contributed by atoms with Gasteiger partial charge < -0.3 is 19.6 Å². The van der Waals surface area contributed by atoms with Crippen LogP contribution in [-0.4, -0.2) is 59.4 Å². The minimum atomic E-state index is -0.662. The zero-order chi connectivity index (χ0) is 24.0. The van der Waals surface area contributed by atoms with E-state index in [9.17, 15) is 14.7 Å². The molecule has 1 atom stereocenters. The van der Waals surface area contributed by atoms with Gasteiger partial charge in [0.1, 0.15) is 18.1 Å². The molecule has 0 unspecified atom stereocenters. The molecule has 174 valence electrons. The fourth-order valence-corrected chi connectivity index (χ4v) is 4.01. The molecular weight excluding hydrogens is 416 g/mol. The highest BCUT2D eigenvalue weighted by molar-refractivity contribution is 6.46. The molecule has 1 fully saturated rings. The van der Waals surface area contributed by atoms with Gasteiger partial charge in [0.05, 0.1) is 11.6 Å². The second kappa shape index (κ2) is 11.0. The largest absolute Gasteiger partial charge is 0.507 e. The molecule has 1 saturated heterocycles. The Balaban J connectivity index is 2.03. The van der Waals surface area contributed by atoms with Gasteiger partial charge in [-0.3, -0.25) is 9.59 Å². The van der Waals surface area contributed by atoms with E-state index in [1.54, 1.807) is 35.2 Å². The van der Waals surface area contributed by atoms with Crippen LogP contribution in [-0.2, 0) is 9.59 Å². The van der Waals surface area contributed by atoms with Crippen molar-refractivity contribution in [1.29, 1.82) is 0 Å². The fourth-order valence-electron chi connectivity index (χ4n) is 4.01. The first kappa shape index (κ1) is 24.3. The lowest BCUT2D eigenvalue weighted by Crippen LogP contribution is -2.38. The molecule has 0 aromatic heterocycles. The van der Waals surface area contributed by atoms with E-state index in [4.69, 9.17) is 4.74 Å². The number of benzene rings is 2. The van der Waals surface area contributed by atoms with Crippen molar-refractivity contribution in [2.75, 3.05) is 32.8 Å². The topological polar surface area (TPSA) is 70.1 Å². The normalized spacial score (nSPS) is 17.6. The van der Waals surface area contributed by atoms with Crippen LogP contribution < -0.4 is 4.74 Å². The third kappa shape index (κ3) is 5.34. The smallest absolute Gasteiger partial charge is 0.295 e. The summed E-state index contributed by atoms with van der Waals surface area (Å²) in [6.45, 7) is 12.9. The molecule has 1 aliphatic heterocycles. The summed E-state index contributed by atoms with van der Waals surface area (Å²) in [5, 5.41) is 11.2. The van der Waals surface area contributed by atoms with E-state index in [0.29, 0.717) is 31.0 Å². The second-order valence-electron chi connectivity index (χ2n) is 8.05. The number of amides is 1. The highest BCUT2D eigenvalue weighted by atomic mass is 16.5. The van der Waals surface area contributed by atoms with E-state index in [1.165, 1.54) is 0 Å². The number of carbonyl (C=O) groups is 2. The van der Waals surface area contributed by atoms with Crippen molar-refractivity contribution in [2.45, 2.75) is 26.8 Å². The number of ketones is 1. The summed E-state index contributed by atoms with van der Waals surface area (Å²) in [4.78, 5) is 29.9. The van der Waals surface area contributed by atoms with E-state index in [1.807, 2.05) is 31.2 Å². The Morgan fingerprint density at radius 3 is 2.30 bits per heavy atom. The zero-order valence-electron chi connectivity index (χ0n) is 19.6. The lowest BCUT2D eigenvalue weighted by atomic mass is 9.94. The fraction of sp³-hybridized carbons (Fsp3) is 0.333. The van der Waals surface area contributed by atoms with Gasteiger partial charge in [-0.1, -0.05) is 56.3 Å². The summed E-state index contributed by atoms with van der Waals surface area (Å²) >= 11 is 0. The van der Waals surface area contributed by atoms with Crippen LogP contribution in [0.2, 0.25) is 0 Å². The number of aryl methyl sites for hydroxylation is 1. The maximum absolute atomic E-state index is 13.1. The first-order valence-electron chi connectivity index (χ1n) is 11.3. The third-order valence-electron chi connectivity index (χ3n) is 5.98. The Kier molecular flexibility index (Phi) is 8.06. The average molecular weight is 449 g/mol. The molecule has 0 aliphatic carbocycles. The van der Waals surface area contributed by atoms with Gasteiger partial charge in [0, 0.05) is 18.7 Å². The van der Waals surface area contributed by atoms with Crippen molar-refractivity contribution in [3.8, 4) is 5.75 Å². The molecule has 6 heteroatoms. The number of Topliss-reactive ketones (excluding diaryl/α,β-unsaturated/α-hetero) is 1. The summed E-state index contributed by atoms with van der Waals surface area (Å²) in [6, 6.07) is 13.9. The molecule has 3 rings (SSSR count). The Labute approximate surface area is 195 Å². The van der Waals surface area contributed by atoms with Crippen molar-refractivity contribution in [3.05, 3.63) is 83.4 Å². The van der Waals surface area contributed by atoms with Gasteiger partial charge in [-0.05, 0) is 49.8 Å². The first-order valence-corrected chi connectivity index (χ1v) is 11.3. The monoisotopic (exact) mass is 448 g/mol. The number of likely N-dealkylation sites (N-methyl/N-ethyl adjacent to an activating group) is 1. The minimum absolute atomic E-state index is 0.114. The number of hydrogen-bond donors (Lipinski definition) is 1. The van der Waals surface area contributed by atoms with Crippen molar-refractivity contribution in [3.63, 3.8) is 0 Å². The zero-order valence-corrected chi connectivity index (χ0v) is 19.6. The van der Waals surface area contributed by atoms with E-state index >= 15 is 0 Å². The summed E-state index contributed by atoms with van der Waals surface area (Å²) < 4.78 is 5.50. The highest BCUT2D eigenvalue weighted by Gasteiger charge is 2.45. The third-order valence-corrected chi connectivity index (χ3v) is 5.98. The maximum Gasteiger partial charge on any atom is 0.295 e. The Bertz CT molecular complexity index is 1020. The molecule has 0 saturated carbocycles. The first-order chi connectivity index (χ1) is 15.9. The second-order valence-corrected chi connectivity index (χ2v) is 8.05. The van der Waals surface area contributed by atoms with Crippen LogP contribution in [0.4, 0.5) is 0 Å². The standard InChI is InChI=1S/C27H32N2O4/c1-5-18-33-22-14-12-21(13-15-22)25(30)23-24(20-10-8-19(4)9-11-20)29(27(32)26(23)31)17-16-28(6-2)7-3/h5,8-15,24,30H,1,6-7,16-18H2,2-4H3/t24-/m0/s1. The van der Waals surface area contributed by atoms with E-state index in [-0.39, 0.29) is 11.3 Å². The van der Waals surface area contributed by atoms with Crippen molar-refractivity contribution >= 4 is 17.4 Å². The van der Waals surface area contributed by atoms with Gasteiger partial charge in [-0.2, -0.15) is 0 Å². The number of rotatable bonds is 10. The average Bonchev–Trinajstić information content (AvgIpc) is 3.08. The van der Waals surface area contributed by atoms with Gasteiger partial charge in [-0.25, -0.2) is 0 Å². The molecule has 2 aromatic rings. The number of hydrogen-bond acceptors (Lipinski definition) is 5. The van der Waals surface area contributed by atoms with Crippen LogP contribution in [0.3, 0.4) is 0 Å². The Morgan fingerprint density at radius 1 is 1.09 bits per heavy atom. The molecule has 2 aromatic carbocycles. The van der Waals surface area contributed by atoms with Crippen LogP contribution in [0, 0.1) is 6.92 Å². The number of ether oxygens (including phenoxy) is 1. The van der Waals surface area contributed by atoms with Gasteiger partial charge in [0.25, 0.3) is 11.7 Å².